The van der Waals surface area contributed by atoms with E-state index in [1.807, 2.05) is 13.8 Å². The molecular weight excluding hydrogens is 267 g/mol. The molecule has 0 spiro atoms. The Morgan fingerprint density at radius 1 is 1.25 bits per heavy atom. The van der Waals surface area contributed by atoms with Gasteiger partial charge in [-0.1, -0.05) is 26.0 Å². The van der Waals surface area contributed by atoms with Crippen molar-refractivity contribution < 1.29 is 18.0 Å². The highest BCUT2D eigenvalue weighted by Gasteiger charge is 2.36. The number of piperidine rings is 1. The molecule has 2 nitrogen and oxygen atoms in total. The molecule has 1 N–H and O–H groups in total. The van der Waals surface area contributed by atoms with Gasteiger partial charge in [0.25, 0.3) is 0 Å². The molecule has 0 saturated carbocycles. The molecule has 1 saturated heterocycles. The Kier molecular flexibility index (Phi) is 3.91. The van der Waals surface area contributed by atoms with E-state index < -0.39 is 11.7 Å². The second kappa shape index (κ2) is 5.20. The molecule has 1 aromatic rings. The quantitative estimate of drug-likeness (QED) is 0.839. The van der Waals surface area contributed by atoms with Crippen LogP contribution < -0.4 is 5.32 Å². The third kappa shape index (κ3) is 3.03. The minimum Gasteiger partial charge on any atom is -0.302 e. The molecule has 110 valence electrons. The summed E-state index contributed by atoms with van der Waals surface area (Å²) in [7, 11) is 0. The van der Waals surface area contributed by atoms with Crippen LogP contribution in [0.1, 0.15) is 43.9 Å². The first-order valence-electron chi connectivity index (χ1n) is 6.62. The number of nitrogens with one attached hydrogen (secondary N) is 1. The average molecular weight is 285 g/mol. The van der Waals surface area contributed by atoms with Gasteiger partial charge in [-0.15, -0.1) is 0 Å². The molecule has 20 heavy (non-hydrogen) atoms. The molecule has 2 rings (SSSR count). The van der Waals surface area contributed by atoms with Crippen LogP contribution in [0.2, 0.25) is 0 Å². The van der Waals surface area contributed by atoms with Gasteiger partial charge in [0.1, 0.15) is 6.29 Å². The lowest BCUT2D eigenvalue weighted by molar-refractivity contribution is -0.137. The first-order valence-corrected chi connectivity index (χ1v) is 6.62. The lowest BCUT2D eigenvalue weighted by Gasteiger charge is -2.40. The van der Waals surface area contributed by atoms with E-state index in [9.17, 15) is 18.0 Å². The summed E-state index contributed by atoms with van der Waals surface area (Å²) in [5, 5.41) is 3.22. The minimum atomic E-state index is -4.31. The van der Waals surface area contributed by atoms with E-state index in [0.717, 1.165) is 36.8 Å². The van der Waals surface area contributed by atoms with Gasteiger partial charge in [0, 0.05) is 6.04 Å². The highest BCUT2D eigenvalue weighted by Crippen LogP contribution is 2.37. The number of carbonyl (C=O) groups excluding carboxylic acids is 1. The van der Waals surface area contributed by atoms with Crippen molar-refractivity contribution in [1.29, 1.82) is 0 Å². The summed E-state index contributed by atoms with van der Waals surface area (Å²) < 4.78 is 37.6. The van der Waals surface area contributed by atoms with Crippen molar-refractivity contribution in [1.82, 2.24) is 5.32 Å². The summed E-state index contributed by atoms with van der Waals surface area (Å²) in [4.78, 5) is 11.1. The van der Waals surface area contributed by atoms with Gasteiger partial charge in [-0.25, -0.2) is 0 Å². The lowest BCUT2D eigenvalue weighted by Crippen LogP contribution is -2.49. The summed E-state index contributed by atoms with van der Waals surface area (Å²) in [6.45, 7) is 4.03. The van der Waals surface area contributed by atoms with E-state index >= 15 is 0 Å². The van der Waals surface area contributed by atoms with Crippen LogP contribution in [-0.4, -0.2) is 12.3 Å². The van der Waals surface area contributed by atoms with Gasteiger partial charge >= 0.3 is 6.18 Å². The van der Waals surface area contributed by atoms with Crippen LogP contribution in [0.4, 0.5) is 13.2 Å². The fraction of sp³-hybridized carbons (Fsp3) is 0.533. The maximum absolute atomic E-state index is 12.5. The normalized spacial score (nSPS) is 26.2. The van der Waals surface area contributed by atoms with Crippen LogP contribution in [-0.2, 0) is 11.0 Å². The number of hydrogen-bond donors (Lipinski definition) is 1. The Balaban J connectivity index is 2.15. The fourth-order valence-electron chi connectivity index (χ4n) is 2.59. The van der Waals surface area contributed by atoms with Crippen LogP contribution in [0.5, 0.6) is 0 Å². The number of hydrogen-bond acceptors (Lipinski definition) is 2. The van der Waals surface area contributed by atoms with Crippen LogP contribution in [0.3, 0.4) is 0 Å². The molecule has 0 aromatic heterocycles. The second-order valence-corrected chi connectivity index (χ2v) is 5.98. The van der Waals surface area contributed by atoms with Gasteiger partial charge < -0.3 is 10.1 Å². The zero-order valence-electron chi connectivity index (χ0n) is 11.5. The molecule has 2 atom stereocenters. The molecule has 1 heterocycles. The summed E-state index contributed by atoms with van der Waals surface area (Å²) in [6.07, 6.45) is -1.76. The molecule has 1 aliphatic rings. The maximum Gasteiger partial charge on any atom is 0.416 e. The first kappa shape index (κ1) is 15.0. The van der Waals surface area contributed by atoms with Crippen molar-refractivity contribution in [3.05, 3.63) is 35.4 Å². The Bertz CT molecular complexity index is 479. The fourth-order valence-corrected chi connectivity index (χ4v) is 2.59. The van der Waals surface area contributed by atoms with Crippen molar-refractivity contribution >= 4 is 6.29 Å². The van der Waals surface area contributed by atoms with Gasteiger partial charge in [0.05, 0.1) is 11.6 Å². The second-order valence-electron chi connectivity index (χ2n) is 5.98. The number of carbonyl (C=O) groups is 1. The molecule has 5 heteroatoms. The topological polar surface area (TPSA) is 29.1 Å². The molecule has 0 radical (unpaired) electrons. The Morgan fingerprint density at radius 3 is 2.35 bits per heavy atom. The molecule has 0 aliphatic carbocycles. The van der Waals surface area contributed by atoms with Crippen molar-refractivity contribution in [2.75, 3.05) is 0 Å². The Morgan fingerprint density at radius 2 is 1.85 bits per heavy atom. The average Bonchev–Trinajstić information content (AvgIpc) is 2.37. The van der Waals surface area contributed by atoms with E-state index in [2.05, 4.69) is 5.32 Å². The van der Waals surface area contributed by atoms with Gasteiger partial charge in [0.2, 0.25) is 0 Å². The smallest absolute Gasteiger partial charge is 0.302 e. The SMILES string of the molecule is CC1(C)CCC(c2ccc(C(F)(F)F)cc2)NC1C=O. The zero-order chi connectivity index (χ0) is 15.0. The molecule has 2 unspecified atom stereocenters. The molecular formula is C15H18F3NO. The van der Waals surface area contributed by atoms with Crippen molar-refractivity contribution in [3.63, 3.8) is 0 Å². The summed E-state index contributed by atoms with van der Waals surface area (Å²) in [6, 6.07) is 4.81. The number of rotatable bonds is 2. The third-order valence-electron chi connectivity index (χ3n) is 4.08. The van der Waals surface area contributed by atoms with Crippen LogP contribution in [0, 0.1) is 5.41 Å². The van der Waals surface area contributed by atoms with E-state index in [-0.39, 0.29) is 17.5 Å². The molecule has 0 amide bonds. The summed E-state index contributed by atoms with van der Waals surface area (Å²) >= 11 is 0. The van der Waals surface area contributed by atoms with Gasteiger partial charge in [-0.2, -0.15) is 13.2 Å². The predicted octanol–water partition coefficient (Wildman–Crippen LogP) is 3.72. The minimum absolute atomic E-state index is 0.0690. The number of alkyl halides is 3. The molecule has 1 aromatic carbocycles. The van der Waals surface area contributed by atoms with Gasteiger partial charge in [-0.05, 0) is 36.0 Å². The van der Waals surface area contributed by atoms with Crippen molar-refractivity contribution in [2.24, 2.45) is 5.41 Å². The van der Waals surface area contributed by atoms with Gasteiger partial charge in [0.15, 0.2) is 0 Å². The third-order valence-corrected chi connectivity index (χ3v) is 4.08. The van der Waals surface area contributed by atoms with Crippen molar-refractivity contribution in [2.45, 2.75) is 44.9 Å². The number of aldehydes is 1. The Labute approximate surface area is 116 Å². The number of halogens is 3. The van der Waals surface area contributed by atoms with Gasteiger partial charge in [-0.3, -0.25) is 0 Å². The summed E-state index contributed by atoms with van der Waals surface area (Å²) in [5.74, 6) is 0. The van der Waals surface area contributed by atoms with Crippen LogP contribution in [0.25, 0.3) is 0 Å². The predicted molar refractivity (Wildman–Crippen MR) is 70.2 cm³/mol. The monoisotopic (exact) mass is 285 g/mol. The number of benzene rings is 1. The first-order chi connectivity index (χ1) is 9.24. The van der Waals surface area contributed by atoms with Crippen LogP contribution in [0.15, 0.2) is 24.3 Å². The zero-order valence-corrected chi connectivity index (χ0v) is 11.5. The highest BCUT2D eigenvalue weighted by molar-refractivity contribution is 5.59. The molecule has 1 aliphatic heterocycles. The molecule has 0 bridgehead atoms. The lowest BCUT2D eigenvalue weighted by atomic mass is 9.75. The van der Waals surface area contributed by atoms with E-state index in [0.29, 0.717) is 0 Å². The van der Waals surface area contributed by atoms with E-state index in [1.165, 1.54) is 12.1 Å². The Hall–Kier alpha value is -1.36. The maximum atomic E-state index is 12.5. The standard InChI is InChI=1S/C15H18F3NO/c1-14(2)8-7-12(19-13(14)9-20)10-3-5-11(6-4-10)15(16,17)18/h3-6,9,12-13,19H,7-8H2,1-2H3. The van der Waals surface area contributed by atoms with E-state index in [1.54, 1.807) is 0 Å². The largest absolute Gasteiger partial charge is 0.416 e. The van der Waals surface area contributed by atoms with E-state index in [4.69, 9.17) is 0 Å². The van der Waals surface area contributed by atoms with Crippen LogP contribution >= 0.6 is 0 Å². The van der Waals surface area contributed by atoms with Crippen molar-refractivity contribution in [3.8, 4) is 0 Å². The summed E-state index contributed by atoms with van der Waals surface area (Å²) in [5.41, 5.74) is 0.0223. The molecule has 1 fully saturated rings. The highest BCUT2D eigenvalue weighted by atomic mass is 19.4.